The fraction of sp³-hybridized carbons (Fsp3) is 0.250. The van der Waals surface area contributed by atoms with Crippen LogP contribution in [0.1, 0.15) is 0 Å². The number of rotatable bonds is 10. The van der Waals surface area contributed by atoms with Gasteiger partial charge in [0.25, 0.3) is 0 Å². The Labute approximate surface area is 140 Å². The molecule has 0 bridgehead atoms. The van der Waals surface area contributed by atoms with E-state index >= 15 is 0 Å². The van der Waals surface area contributed by atoms with E-state index in [2.05, 4.69) is 29.1 Å². The second kappa shape index (κ2) is 10.7. The van der Waals surface area contributed by atoms with Gasteiger partial charge in [-0.25, -0.2) is 4.79 Å². The SMILES string of the molecule is C=COCCNC(=O)Nc1ccc(NC(=O)C(N)COC=C)cc1. The molecule has 1 atom stereocenters. The van der Waals surface area contributed by atoms with Gasteiger partial charge in [-0.3, -0.25) is 4.79 Å². The summed E-state index contributed by atoms with van der Waals surface area (Å²) in [6, 6.07) is 5.44. The average molecular weight is 334 g/mol. The van der Waals surface area contributed by atoms with Crippen LogP contribution >= 0.6 is 0 Å². The van der Waals surface area contributed by atoms with Gasteiger partial charge < -0.3 is 31.2 Å². The first-order valence-corrected chi connectivity index (χ1v) is 7.23. The lowest BCUT2D eigenvalue weighted by molar-refractivity contribution is -0.118. The van der Waals surface area contributed by atoms with E-state index in [1.54, 1.807) is 24.3 Å². The van der Waals surface area contributed by atoms with Crippen molar-refractivity contribution in [2.75, 3.05) is 30.4 Å². The van der Waals surface area contributed by atoms with E-state index in [4.69, 9.17) is 15.2 Å². The van der Waals surface area contributed by atoms with Gasteiger partial charge in [-0.2, -0.15) is 0 Å². The Morgan fingerprint density at radius 1 is 1.08 bits per heavy atom. The van der Waals surface area contributed by atoms with Crippen molar-refractivity contribution in [1.82, 2.24) is 5.32 Å². The van der Waals surface area contributed by atoms with Gasteiger partial charge in [0.1, 0.15) is 19.3 Å². The summed E-state index contributed by atoms with van der Waals surface area (Å²) < 4.78 is 9.76. The highest BCUT2D eigenvalue weighted by molar-refractivity contribution is 5.95. The zero-order valence-corrected chi connectivity index (χ0v) is 13.3. The minimum Gasteiger partial charge on any atom is -0.500 e. The van der Waals surface area contributed by atoms with E-state index in [0.717, 1.165) is 0 Å². The summed E-state index contributed by atoms with van der Waals surface area (Å²) in [6.07, 6.45) is 2.53. The van der Waals surface area contributed by atoms with Crippen LogP contribution in [0.15, 0.2) is 49.9 Å². The molecule has 8 heteroatoms. The summed E-state index contributed by atoms with van der Waals surface area (Å²) in [6.45, 7) is 7.53. The van der Waals surface area contributed by atoms with Crippen molar-refractivity contribution >= 4 is 23.3 Å². The number of carbonyl (C=O) groups is 2. The summed E-state index contributed by atoms with van der Waals surface area (Å²) in [7, 11) is 0. The molecule has 0 aliphatic carbocycles. The normalized spacial score (nSPS) is 10.9. The highest BCUT2D eigenvalue weighted by atomic mass is 16.5. The first-order chi connectivity index (χ1) is 11.6. The summed E-state index contributed by atoms with van der Waals surface area (Å²) >= 11 is 0. The molecule has 0 aliphatic rings. The lowest BCUT2D eigenvalue weighted by Crippen LogP contribution is -2.39. The average Bonchev–Trinajstić information content (AvgIpc) is 2.58. The Balaban J connectivity index is 2.42. The quantitative estimate of drug-likeness (QED) is 0.381. The third kappa shape index (κ3) is 7.32. The van der Waals surface area contributed by atoms with Crippen LogP contribution in [0.2, 0.25) is 0 Å². The minimum absolute atomic E-state index is 0.0463. The van der Waals surface area contributed by atoms with Gasteiger partial charge in [-0.05, 0) is 24.3 Å². The smallest absolute Gasteiger partial charge is 0.319 e. The van der Waals surface area contributed by atoms with Gasteiger partial charge >= 0.3 is 6.03 Å². The van der Waals surface area contributed by atoms with Gasteiger partial charge in [0.05, 0.1) is 19.1 Å². The third-order valence-corrected chi connectivity index (χ3v) is 2.76. The van der Waals surface area contributed by atoms with E-state index < -0.39 is 6.04 Å². The fourth-order valence-corrected chi connectivity index (χ4v) is 1.60. The predicted molar refractivity (Wildman–Crippen MR) is 92.4 cm³/mol. The van der Waals surface area contributed by atoms with Crippen LogP contribution in [0.4, 0.5) is 16.2 Å². The van der Waals surface area contributed by atoms with Crippen LogP contribution in [0.3, 0.4) is 0 Å². The van der Waals surface area contributed by atoms with Crippen LogP contribution in [0.25, 0.3) is 0 Å². The maximum atomic E-state index is 11.8. The summed E-state index contributed by atoms with van der Waals surface area (Å²) in [5, 5.41) is 7.91. The first-order valence-electron chi connectivity index (χ1n) is 7.23. The number of urea groups is 1. The number of ether oxygens (including phenoxy) is 2. The molecule has 0 heterocycles. The topological polar surface area (TPSA) is 115 Å². The molecule has 5 N–H and O–H groups in total. The fourth-order valence-electron chi connectivity index (χ4n) is 1.60. The summed E-state index contributed by atoms with van der Waals surface area (Å²) in [5.41, 5.74) is 6.78. The first kappa shape index (κ1) is 19.0. The molecule has 3 amide bonds. The molecule has 130 valence electrons. The lowest BCUT2D eigenvalue weighted by atomic mass is 10.2. The van der Waals surface area contributed by atoms with Crippen molar-refractivity contribution < 1.29 is 19.1 Å². The number of carbonyl (C=O) groups excluding carboxylic acids is 2. The monoisotopic (exact) mass is 334 g/mol. The van der Waals surface area contributed by atoms with Crippen LogP contribution in [0.5, 0.6) is 0 Å². The summed E-state index contributed by atoms with van der Waals surface area (Å²) in [5.74, 6) is -0.377. The standard InChI is InChI=1S/C16H22N4O4/c1-3-23-10-9-18-16(22)20-13-7-5-12(6-8-13)19-15(21)14(17)11-24-4-2/h3-8,14H,1-2,9-11,17H2,(H,19,21)(H2,18,20,22). The van der Waals surface area contributed by atoms with Gasteiger partial charge in [0, 0.05) is 11.4 Å². The van der Waals surface area contributed by atoms with E-state index in [-0.39, 0.29) is 18.5 Å². The molecule has 1 unspecified atom stereocenters. The molecule has 0 radical (unpaired) electrons. The molecule has 1 aromatic rings. The zero-order chi connectivity index (χ0) is 17.8. The summed E-state index contributed by atoms with van der Waals surface area (Å²) in [4.78, 5) is 23.4. The largest absolute Gasteiger partial charge is 0.500 e. The molecule has 1 rings (SSSR count). The molecule has 1 aromatic carbocycles. The van der Waals surface area contributed by atoms with E-state index in [0.29, 0.717) is 24.5 Å². The molecule has 0 saturated carbocycles. The van der Waals surface area contributed by atoms with Crippen molar-refractivity contribution in [2.45, 2.75) is 6.04 Å². The molecular weight excluding hydrogens is 312 g/mol. The number of amides is 3. The number of hydrogen-bond donors (Lipinski definition) is 4. The number of hydrogen-bond acceptors (Lipinski definition) is 5. The lowest BCUT2D eigenvalue weighted by Gasteiger charge is -2.12. The van der Waals surface area contributed by atoms with Crippen molar-refractivity contribution in [3.05, 3.63) is 49.9 Å². The van der Waals surface area contributed by atoms with Gasteiger partial charge in [-0.1, -0.05) is 13.2 Å². The maximum absolute atomic E-state index is 11.8. The minimum atomic E-state index is -0.802. The Morgan fingerprint density at radius 2 is 1.67 bits per heavy atom. The maximum Gasteiger partial charge on any atom is 0.319 e. The van der Waals surface area contributed by atoms with Crippen LogP contribution in [-0.2, 0) is 14.3 Å². The number of anilines is 2. The highest BCUT2D eigenvalue weighted by Gasteiger charge is 2.13. The second-order valence-corrected chi connectivity index (χ2v) is 4.59. The van der Waals surface area contributed by atoms with Crippen LogP contribution < -0.4 is 21.7 Å². The van der Waals surface area contributed by atoms with Crippen molar-refractivity contribution in [2.24, 2.45) is 5.73 Å². The zero-order valence-electron chi connectivity index (χ0n) is 13.3. The number of nitrogens with one attached hydrogen (secondary N) is 3. The Kier molecular flexibility index (Phi) is 8.48. The number of nitrogens with two attached hydrogens (primary N) is 1. The molecule has 0 spiro atoms. The molecule has 0 saturated heterocycles. The van der Waals surface area contributed by atoms with Gasteiger partial charge in [-0.15, -0.1) is 0 Å². The Hall–Kier alpha value is -3.00. The van der Waals surface area contributed by atoms with Crippen molar-refractivity contribution in [3.8, 4) is 0 Å². The van der Waals surface area contributed by atoms with E-state index in [1.807, 2.05) is 0 Å². The molecule has 0 aromatic heterocycles. The van der Waals surface area contributed by atoms with Crippen molar-refractivity contribution in [3.63, 3.8) is 0 Å². The highest BCUT2D eigenvalue weighted by Crippen LogP contribution is 2.13. The van der Waals surface area contributed by atoms with Crippen LogP contribution in [0, 0.1) is 0 Å². The Bertz CT molecular complexity index is 560. The van der Waals surface area contributed by atoms with Gasteiger partial charge in [0.15, 0.2) is 0 Å². The molecule has 0 aliphatic heterocycles. The van der Waals surface area contributed by atoms with E-state index in [9.17, 15) is 9.59 Å². The van der Waals surface area contributed by atoms with Crippen LogP contribution in [-0.4, -0.2) is 37.7 Å². The molecule has 24 heavy (non-hydrogen) atoms. The Morgan fingerprint density at radius 3 is 2.25 bits per heavy atom. The molecule has 8 nitrogen and oxygen atoms in total. The molecule has 0 fully saturated rings. The number of benzene rings is 1. The predicted octanol–water partition coefficient (Wildman–Crippen LogP) is 1.39. The van der Waals surface area contributed by atoms with Gasteiger partial charge in [0.2, 0.25) is 5.91 Å². The molecular formula is C16H22N4O4. The third-order valence-electron chi connectivity index (χ3n) is 2.76. The van der Waals surface area contributed by atoms with Crippen molar-refractivity contribution in [1.29, 1.82) is 0 Å². The van der Waals surface area contributed by atoms with E-state index in [1.165, 1.54) is 12.5 Å². The second-order valence-electron chi connectivity index (χ2n) is 4.59.